The Morgan fingerprint density at radius 2 is 1.59 bits per heavy atom. The number of nitrogens with two attached hydrogens (primary N) is 2. The first-order chi connectivity index (χ1) is 30.3. The van der Waals surface area contributed by atoms with Gasteiger partial charge in [-0.1, -0.05) is 48.5 Å². The van der Waals surface area contributed by atoms with Crippen LogP contribution >= 0.6 is 0 Å². The van der Waals surface area contributed by atoms with Crippen molar-refractivity contribution in [3.63, 3.8) is 0 Å². The highest BCUT2D eigenvalue weighted by Gasteiger charge is 2.37. The summed E-state index contributed by atoms with van der Waals surface area (Å²) in [5.41, 5.74) is 12.3. The van der Waals surface area contributed by atoms with Crippen molar-refractivity contribution in [3.8, 4) is 0 Å². The van der Waals surface area contributed by atoms with E-state index in [0.29, 0.717) is 42.4 Å². The monoisotopic (exact) mass is 867 g/mol. The van der Waals surface area contributed by atoms with Gasteiger partial charge in [0.1, 0.15) is 30.0 Å². The molecule has 5 atom stereocenters. The Labute approximate surface area is 364 Å². The summed E-state index contributed by atoms with van der Waals surface area (Å²) < 4.78 is 0. The number of nitrogens with one attached hydrogen (secondary N) is 10. The molecule has 2 aromatic heterocycles. The molecule has 20 nitrogen and oxygen atoms in total. The van der Waals surface area contributed by atoms with Crippen LogP contribution in [0.3, 0.4) is 0 Å². The maximum absolute atomic E-state index is 14.5. The number of benzene rings is 2. The molecule has 4 aromatic rings. The molecule has 3 heterocycles. The van der Waals surface area contributed by atoms with Gasteiger partial charge in [0, 0.05) is 80.7 Å². The number of rotatable bonds is 12. The van der Waals surface area contributed by atoms with Crippen molar-refractivity contribution in [3.05, 3.63) is 90.1 Å². The lowest BCUT2D eigenvalue weighted by molar-refractivity contribution is -0.132. The molecule has 1 aliphatic heterocycles. The molecule has 1 aliphatic rings. The van der Waals surface area contributed by atoms with Gasteiger partial charge in [0.15, 0.2) is 5.96 Å². The van der Waals surface area contributed by atoms with Crippen molar-refractivity contribution < 1.29 is 33.6 Å². The zero-order chi connectivity index (χ0) is 45.2. The van der Waals surface area contributed by atoms with Crippen LogP contribution in [0.5, 0.6) is 0 Å². The molecular weight excluding hydrogens is 811 g/mol. The maximum Gasteiger partial charge on any atom is 0.243 e. The van der Waals surface area contributed by atoms with E-state index in [0.717, 1.165) is 10.9 Å². The van der Waals surface area contributed by atoms with E-state index in [1.54, 1.807) is 36.5 Å². The van der Waals surface area contributed by atoms with Crippen LogP contribution in [0.15, 0.2) is 73.3 Å². The highest BCUT2D eigenvalue weighted by Crippen LogP contribution is 2.20. The van der Waals surface area contributed by atoms with Crippen LogP contribution in [0.2, 0.25) is 0 Å². The Hall–Kier alpha value is -7.09. The molecule has 6 amide bonds. The number of nitrogens with zero attached hydrogens (tertiary/aromatic N) is 1. The number of carbonyl (C=O) groups excluding carboxylic acids is 7. The number of guanidine groups is 1. The number of imidazole rings is 1. The molecule has 1 saturated heterocycles. The van der Waals surface area contributed by atoms with Crippen LogP contribution in [0.1, 0.15) is 61.8 Å². The number of fused-ring (bicyclic) bond motifs is 1. The Morgan fingerprint density at radius 1 is 0.857 bits per heavy atom. The topological polar surface area (TPSA) is 324 Å². The largest absolute Gasteiger partial charge is 0.370 e. The van der Waals surface area contributed by atoms with Gasteiger partial charge < -0.3 is 63.4 Å². The quantitative estimate of drug-likeness (QED) is 0.0363. The van der Waals surface area contributed by atoms with Gasteiger partial charge in [0.25, 0.3) is 0 Å². The third-order valence-corrected chi connectivity index (χ3v) is 10.8. The fourth-order valence-electron chi connectivity index (χ4n) is 7.39. The number of carbonyl (C=O) groups is 7. The Kier molecular flexibility index (Phi) is 17.3. The predicted octanol–water partition coefficient (Wildman–Crippen LogP) is -0.786. The molecule has 63 heavy (non-hydrogen) atoms. The fourth-order valence-corrected chi connectivity index (χ4v) is 7.39. The highest BCUT2D eigenvalue weighted by atomic mass is 16.2. The number of hydrogen-bond donors (Lipinski definition) is 12. The lowest BCUT2D eigenvalue weighted by atomic mass is 9.90. The van der Waals surface area contributed by atoms with Gasteiger partial charge in [-0.25, -0.2) is 4.98 Å². The number of para-hydroxylation sites is 1. The van der Waals surface area contributed by atoms with Gasteiger partial charge in [-0.3, -0.25) is 34.2 Å². The molecule has 0 aliphatic carbocycles. The van der Waals surface area contributed by atoms with Crippen LogP contribution in [-0.4, -0.2) is 112 Å². The lowest BCUT2D eigenvalue weighted by Crippen LogP contribution is -2.64. The van der Waals surface area contributed by atoms with Crippen LogP contribution < -0.4 is 48.7 Å². The fraction of sp³-hybridized carbons (Fsp3) is 0.419. The second kappa shape index (κ2) is 23.2. The minimum absolute atomic E-state index is 0.0174. The van der Waals surface area contributed by atoms with Gasteiger partial charge in [-0.15, -0.1) is 0 Å². The Bertz CT molecular complexity index is 2200. The first-order valence-electron chi connectivity index (χ1n) is 21.0. The van der Waals surface area contributed by atoms with Crippen molar-refractivity contribution in [2.45, 2.75) is 93.9 Å². The lowest BCUT2D eigenvalue weighted by Gasteiger charge is -2.34. The molecule has 0 spiro atoms. The first-order valence-corrected chi connectivity index (χ1v) is 21.0. The molecule has 2 aromatic carbocycles. The number of aromatic amines is 2. The summed E-state index contributed by atoms with van der Waals surface area (Å²) in [5.74, 6) is -4.05. The van der Waals surface area contributed by atoms with Gasteiger partial charge in [-0.05, 0) is 49.3 Å². The van der Waals surface area contributed by atoms with E-state index >= 15 is 0 Å². The summed E-state index contributed by atoms with van der Waals surface area (Å²) in [5, 5.41) is 28.2. The second-order valence-electron chi connectivity index (χ2n) is 15.7. The maximum atomic E-state index is 14.5. The number of hydrogen-bond acceptors (Lipinski definition) is 10. The average Bonchev–Trinajstić information content (AvgIpc) is 3.94. The Balaban J connectivity index is 1.51. The molecule has 336 valence electrons. The summed E-state index contributed by atoms with van der Waals surface area (Å²) in [6.07, 6.45) is 6.17. The van der Waals surface area contributed by atoms with E-state index in [1.807, 2.05) is 24.3 Å². The summed E-state index contributed by atoms with van der Waals surface area (Å²) in [4.78, 5) is 105. The van der Waals surface area contributed by atoms with Crippen LogP contribution in [0.4, 0.5) is 0 Å². The molecule has 1 fully saturated rings. The minimum atomic E-state index is -1.70. The number of aromatic nitrogens is 3. The molecule has 0 unspecified atom stereocenters. The summed E-state index contributed by atoms with van der Waals surface area (Å²) in [6.45, 7) is 0.148. The minimum Gasteiger partial charge on any atom is -0.370 e. The SMILES string of the molecule is N=C(N)NCCC[C@@H]1NC[C@@](C=O)(Cc2ccccc2)NC(=O)[C@H](Cc2cnc[nH]2)NC(=O)CCC(=O)NCCCC[C@@H](C(N)=O)NC(=O)[C@H](Cc2c[nH]c3ccccc23)NC1=O. The third kappa shape index (κ3) is 14.5. The van der Waals surface area contributed by atoms with Crippen LogP contribution in [0.25, 0.3) is 10.9 Å². The van der Waals surface area contributed by atoms with Gasteiger partial charge in [0.2, 0.25) is 35.4 Å². The molecule has 20 heteroatoms. The van der Waals surface area contributed by atoms with Crippen molar-refractivity contribution in [2.24, 2.45) is 11.5 Å². The van der Waals surface area contributed by atoms with E-state index in [-0.39, 0.29) is 70.5 Å². The summed E-state index contributed by atoms with van der Waals surface area (Å²) >= 11 is 0. The third-order valence-electron chi connectivity index (χ3n) is 10.8. The molecule has 0 bridgehead atoms. The van der Waals surface area contributed by atoms with Crippen LogP contribution in [0, 0.1) is 5.41 Å². The van der Waals surface area contributed by atoms with E-state index in [2.05, 4.69) is 52.2 Å². The average molecular weight is 868 g/mol. The van der Waals surface area contributed by atoms with Crippen molar-refractivity contribution in [1.29, 1.82) is 5.41 Å². The zero-order valence-corrected chi connectivity index (χ0v) is 35.0. The number of H-pyrrole nitrogens is 2. The molecular formula is C43H57N13O7. The van der Waals surface area contributed by atoms with Gasteiger partial charge in [0.05, 0.1) is 12.4 Å². The predicted molar refractivity (Wildman–Crippen MR) is 233 cm³/mol. The second-order valence-corrected chi connectivity index (χ2v) is 15.7. The highest BCUT2D eigenvalue weighted by molar-refractivity contribution is 5.94. The summed E-state index contributed by atoms with van der Waals surface area (Å²) in [6, 6.07) is 11.8. The molecule has 0 radical (unpaired) electrons. The van der Waals surface area contributed by atoms with Crippen molar-refractivity contribution in [1.82, 2.24) is 52.2 Å². The number of amides is 6. The van der Waals surface area contributed by atoms with E-state index in [4.69, 9.17) is 16.9 Å². The van der Waals surface area contributed by atoms with Gasteiger partial charge in [-0.2, -0.15) is 0 Å². The zero-order valence-electron chi connectivity index (χ0n) is 35.0. The van der Waals surface area contributed by atoms with Crippen molar-refractivity contribution in [2.75, 3.05) is 19.6 Å². The molecule has 0 saturated carbocycles. The van der Waals surface area contributed by atoms with Gasteiger partial charge >= 0.3 is 0 Å². The molecule has 5 rings (SSSR count). The Morgan fingerprint density at radius 3 is 2.32 bits per heavy atom. The standard InChI is InChI=1S/C43H57N13O7/c44-38(60)32-13-6-7-17-48-36(58)15-16-37(59)53-35(20-29-23-47-26-52-29)41(63)56-43(25-57,21-27-9-2-1-3-10-27)24-51-33(14-8-18-49-42(45)46)39(61)55-34(40(62)54-32)19-28-22-50-31-12-5-4-11-30(28)31/h1-5,9-12,22-23,25-26,32-35,50-51H,6-8,13-21,24H2,(H2,44,60)(H,47,52)(H,48,58)(H,53,59)(H,54,62)(H,55,61)(H,56,63)(H4,45,46,49)/t32-,33-,34-,35-,43+/m0/s1. The number of aldehydes is 1. The van der Waals surface area contributed by atoms with Crippen molar-refractivity contribution >= 4 is 58.6 Å². The molecule has 14 N–H and O–H groups in total. The van der Waals surface area contributed by atoms with Crippen LogP contribution in [-0.2, 0) is 52.8 Å². The van der Waals surface area contributed by atoms with E-state index in [1.165, 1.54) is 12.5 Å². The normalized spacial score (nSPS) is 22.7. The smallest absolute Gasteiger partial charge is 0.243 e. The number of primary amides is 1. The summed E-state index contributed by atoms with van der Waals surface area (Å²) in [7, 11) is 0. The van der Waals surface area contributed by atoms with E-state index in [9.17, 15) is 33.6 Å². The first kappa shape index (κ1) is 47.0. The van der Waals surface area contributed by atoms with E-state index < -0.39 is 65.1 Å².